The molecule has 25 heavy (non-hydrogen) atoms. The maximum atomic E-state index is 5.91. The van der Waals surface area contributed by atoms with Gasteiger partial charge in [0.05, 0.1) is 11.4 Å². The molecule has 0 aromatic heterocycles. The number of aliphatic imine (C=N–C) groups is 1. The zero-order chi connectivity index (χ0) is 18.2. The van der Waals surface area contributed by atoms with E-state index in [9.17, 15) is 0 Å². The summed E-state index contributed by atoms with van der Waals surface area (Å²) < 4.78 is 5.64. The van der Waals surface area contributed by atoms with E-state index in [4.69, 9.17) is 16.3 Å². The molecule has 2 rings (SSSR count). The van der Waals surface area contributed by atoms with Gasteiger partial charge in [-0.15, -0.1) is 11.8 Å². The van der Waals surface area contributed by atoms with E-state index in [1.54, 1.807) is 36.1 Å². The molecule has 0 heterocycles. The molecule has 0 bridgehead atoms. The lowest BCUT2D eigenvalue weighted by atomic mass is 10.1. The zero-order valence-electron chi connectivity index (χ0n) is 14.8. The molecule has 2 aromatic carbocycles. The van der Waals surface area contributed by atoms with Gasteiger partial charge in [0.2, 0.25) is 0 Å². The first-order valence-corrected chi connectivity index (χ1v) is 9.07. The fourth-order valence-corrected chi connectivity index (χ4v) is 2.68. The number of aryl methyl sites for hydroxylation is 1. The molecule has 0 unspecified atom stereocenters. The Morgan fingerprint density at radius 3 is 2.60 bits per heavy atom. The summed E-state index contributed by atoms with van der Waals surface area (Å²) in [7, 11) is 1.80. The molecule has 0 aliphatic carbocycles. The molecular weight excluding hydrogens is 332 g/mol. The van der Waals surface area contributed by atoms with E-state index >= 15 is 0 Å². The Hall–Kier alpha value is -2.44. The molecule has 0 aliphatic rings. The third-order valence-corrected chi connectivity index (χ3v) is 4.43. The second-order valence-corrected chi connectivity index (χ2v) is 6.40. The Labute approximate surface area is 153 Å². The molecule has 0 atom stereocenters. The van der Waals surface area contributed by atoms with Crippen LogP contribution in [0.1, 0.15) is 11.1 Å². The van der Waals surface area contributed by atoms with Gasteiger partial charge < -0.3 is 15.5 Å². The Morgan fingerprint density at radius 1 is 1.24 bits per heavy atom. The molecule has 0 saturated carbocycles. The molecule has 132 valence electrons. The van der Waals surface area contributed by atoms with Gasteiger partial charge in [-0.2, -0.15) is 0 Å². The largest absolute Gasteiger partial charge is 0.474 e. The lowest BCUT2D eigenvalue weighted by Gasteiger charge is -2.19. The molecule has 0 aliphatic heterocycles. The van der Waals surface area contributed by atoms with Crippen LogP contribution in [-0.2, 0) is 11.3 Å². The van der Waals surface area contributed by atoms with Crippen LogP contribution in [0.15, 0.2) is 64.3 Å². The van der Waals surface area contributed by atoms with Crippen molar-refractivity contribution in [3.63, 3.8) is 0 Å². The lowest BCUT2D eigenvalue weighted by Crippen LogP contribution is -2.26. The fourth-order valence-electron chi connectivity index (χ4n) is 2.27. The van der Waals surface area contributed by atoms with E-state index < -0.39 is 0 Å². The minimum Gasteiger partial charge on any atom is -0.474 e. The second-order valence-electron chi connectivity index (χ2n) is 5.52. The summed E-state index contributed by atoms with van der Waals surface area (Å²) in [5.41, 5.74) is 9.80. The van der Waals surface area contributed by atoms with Gasteiger partial charge >= 0.3 is 0 Å². The number of thioether (sulfide) groups is 1. The van der Waals surface area contributed by atoms with Crippen molar-refractivity contribution in [2.24, 2.45) is 16.6 Å². The number of rotatable bonds is 7. The molecule has 2 aromatic rings. The van der Waals surface area contributed by atoms with E-state index in [1.807, 2.05) is 55.6 Å². The Bertz CT molecular complexity index is 755. The van der Waals surface area contributed by atoms with Gasteiger partial charge in [0, 0.05) is 29.8 Å². The van der Waals surface area contributed by atoms with Crippen LogP contribution in [-0.4, -0.2) is 19.5 Å². The number of anilines is 1. The fraction of sp³-hybridized carbons (Fsp3) is 0.211. The lowest BCUT2D eigenvalue weighted by molar-refractivity contribution is 0.196. The van der Waals surface area contributed by atoms with Crippen molar-refractivity contribution >= 4 is 29.4 Å². The number of ether oxygens (including phenoxy) is 1. The van der Waals surface area contributed by atoms with E-state index in [2.05, 4.69) is 4.99 Å². The predicted molar refractivity (Wildman–Crippen MR) is 107 cm³/mol. The summed E-state index contributed by atoms with van der Waals surface area (Å²) in [6.45, 7) is 2.37. The molecule has 0 amide bonds. The number of allylic oxidation sites excluding steroid dienone is 1. The van der Waals surface area contributed by atoms with E-state index in [1.165, 1.54) is 4.90 Å². The second kappa shape index (κ2) is 9.15. The van der Waals surface area contributed by atoms with Gasteiger partial charge in [-0.3, -0.25) is 4.99 Å². The zero-order valence-corrected chi connectivity index (χ0v) is 15.6. The van der Waals surface area contributed by atoms with Crippen LogP contribution in [0.4, 0.5) is 11.4 Å². The quantitative estimate of drug-likeness (QED) is 0.260. The van der Waals surface area contributed by atoms with Crippen molar-refractivity contribution in [2.45, 2.75) is 18.4 Å². The molecule has 5 nitrogen and oxygen atoms in total. The van der Waals surface area contributed by atoms with E-state index in [0.29, 0.717) is 12.5 Å². The maximum absolute atomic E-state index is 5.91. The molecular formula is C19H24N4OS. The van der Waals surface area contributed by atoms with Crippen LogP contribution >= 0.6 is 11.8 Å². The Kier molecular flexibility index (Phi) is 6.91. The van der Waals surface area contributed by atoms with Crippen molar-refractivity contribution in [3.8, 4) is 0 Å². The highest BCUT2D eigenvalue weighted by molar-refractivity contribution is 7.98. The minimum atomic E-state index is 0.304. The van der Waals surface area contributed by atoms with Gasteiger partial charge in [0.15, 0.2) is 5.88 Å². The van der Waals surface area contributed by atoms with Crippen LogP contribution in [0.3, 0.4) is 0 Å². The van der Waals surface area contributed by atoms with Crippen molar-refractivity contribution < 1.29 is 4.74 Å². The van der Waals surface area contributed by atoms with Gasteiger partial charge in [-0.05, 0) is 49.1 Å². The SMILES string of the molecule is CSc1ccc(N=C/C=C(\N)OCc2c(C)cccc2N(C)N)cc1. The molecule has 0 radical (unpaired) electrons. The first-order valence-electron chi connectivity index (χ1n) is 7.85. The van der Waals surface area contributed by atoms with Gasteiger partial charge in [-0.1, -0.05) is 12.1 Å². The first kappa shape index (κ1) is 18.9. The molecule has 0 spiro atoms. The third kappa shape index (κ3) is 5.55. The van der Waals surface area contributed by atoms with Crippen molar-refractivity contribution in [2.75, 3.05) is 18.3 Å². The van der Waals surface area contributed by atoms with E-state index in [0.717, 1.165) is 22.5 Å². The van der Waals surface area contributed by atoms with Gasteiger partial charge in [-0.25, -0.2) is 5.84 Å². The van der Waals surface area contributed by atoms with E-state index in [-0.39, 0.29) is 0 Å². The van der Waals surface area contributed by atoms with Gasteiger partial charge in [0.1, 0.15) is 6.61 Å². The molecule has 0 fully saturated rings. The number of hydrazine groups is 1. The number of nitrogens with zero attached hydrogens (tertiary/aromatic N) is 2. The average molecular weight is 356 g/mol. The maximum Gasteiger partial charge on any atom is 0.185 e. The molecule has 4 N–H and O–H groups in total. The smallest absolute Gasteiger partial charge is 0.185 e. The Balaban J connectivity index is 1.99. The summed E-state index contributed by atoms with van der Waals surface area (Å²) in [6.07, 6.45) is 5.32. The van der Waals surface area contributed by atoms with Gasteiger partial charge in [0.25, 0.3) is 0 Å². The number of benzene rings is 2. The Morgan fingerprint density at radius 2 is 1.96 bits per heavy atom. The standard InChI is InChI=1S/C19H24N4OS/c1-14-5-4-6-18(23(2)21)17(14)13-24-19(20)11-12-22-15-7-9-16(25-3)10-8-15/h4-12H,13,20-21H2,1-3H3/b19-11+,22-12?. The third-order valence-electron chi connectivity index (χ3n) is 3.68. The normalized spacial score (nSPS) is 11.8. The summed E-state index contributed by atoms with van der Waals surface area (Å²) in [4.78, 5) is 5.55. The summed E-state index contributed by atoms with van der Waals surface area (Å²) in [5, 5.41) is 1.57. The number of hydrogen-bond acceptors (Lipinski definition) is 6. The highest BCUT2D eigenvalue weighted by Gasteiger charge is 2.08. The average Bonchev–Trinajstić information content (AvgIpc) is 2.61. The summed E-state index contributed by atoms with van der Waals surface area (Å²) in [6, 6.07) is 13.9. The van der Waals surface area contributed by atoms with Crippen LogP contribution < -0.4 is 16.6 Å². The monoisotopic (exact) mass is 356 g/mol. The number of hydrogen-bond donors (Lipinski definition) is 2. The molecule has 0 saturated heterocycles. The minimum absolute atomic E-state index is 0.304. The number of nitrogens with two attached hydrogens (primary N) is 2. The highest BCUT2D eigenvalue weighted by Crippen LogP contribution is 2.22. The predicted octanol–water partition coefficient (Wildman–Crippen LogP) is 3.75. The highest BCUT2D eigenvalue weighted by atomic mass is 32.2. The molecule has 6 heteroatoms. The van der Waals surface area contributed by atoms with Crippen LogP contribution in [0.25, 0.3) is 0 Å². The van der Waals surface area contributed by atoms with Crippen molar-refractivity contribution in [3.05, 3.63) is 65.6 Å². The van der Waals surface area contributed by atoms with Crippen molar-refractivity contribution in [1.29, 1.82) is 0 Å². The first-order chi connectivity index (χ1) is 12.0. The van der Waals surface area contributed by atoms with Crippen LogP contribution in [0.2, 0.25) is 0 Å². The summed E-state index contributed by atoms with van der Waals surface area (Å²) >= 11 is 1.70. The van der Waals surface area contributed by atoms with Crippen LogP contribution in [0.5, 0.6) is 0 Å². The van der Waals surface area contributed by atoms with Crippen LogP contribution in [0, 0.1) is 6.92 Å². The van der Waals surface area contributed by atoms with Crippen molar-refractivity contribution in [1.82, 2.24) is 0 Å². The summed E-state index contributed by atoms with van der Waals surface area (Å²) in [5.74, 6) is 6.17. The topological polar surface area (TPSA) is 76.9 Å².